The molecule has 0 N–H and O–H groups in total. The number of aromatic nitrogens is 2. The van der Waals surface area contributed by atoms with Gasteiger partial charge in [0.1, 0.15) is 17.5 Å². The van der Waals surface area contributed by atoms with Crippen LogP contribution >= 0.6 is 11.6 Å². The fourth-order valence-electron chi connectivity index (χ4n) is 1.43. The van der Waals surface area contributed by atoms with Crippen LogP contribution in [0.2, 0.25) is 5.15 Å². The van der Waals surface area contributed by atoms with Gasteiger partial charge in [0.15, 0.2) is 5.82 Å². The summed E-state index contributed by atoms with van der Waals surface area (Å²) in [6.45, 7) is 2.36. The summed E-state index contributed by atoms with van der Waals surface area (Å²) in [6, 6.07) is 11.3. The van der Waals surface area contributed by atoms with Gasteiger partial charge in [-0.2, -0.15) is 0 Å². The van der Waals surface area contributed by atoms with E-state index in [9.17, 15) is 0 Å². The molecule has 1 aromatic heterocycles. The number of halogens is 1. The largest absolute Gasteiger partial charge is 0.486 e. The minimum atomic E-state index is 0.331. The Morgan fingerprint density at radius 2 is 1.94 bits per heavy atom. The first kappa shape index (κ1) is 11.9. The smallest absolute Gasteiger partial charge is 0.167 e. The molecule has 0 spiro atoms. The fraction of sp³-hybridized carbons (Fsp3) is 0.231. The Hall–Kier alpha value is -1.61. The molecule has 0 saturated heterocycles. The molecule has 88 valence electrons. The second-order valence-corrected chi connectivity index (χ2v) is 3.94. The van der Waals surface area contributed by atoms with Crippen molar-refractivity contribution in [2.75, 3.05) is 0 Å². The van der Waals surface area contributed by atoms with E-state index in [1.165, 1.54) is 0 Å². The molecule has 0 amide bonds. The predicted octanol–water partition coefficient (Wildman–Crippen LogP) is 3.27. The van der Waals surface area contributed by atoms with Crippen molar-refractivity contribution in [3.63, 3.8) is 0 Å². The standard InChI is InChI=1S/C13H13ClN2O/c1-2-10-8-12(14)16-13(15-10)9-17-11-6-4-3-5-7-11/h3-8H,2,9H2,1H3. The molecule has 0 atom stereocenters. The average molecular weight is 249 g/mol. The zero-order chi connectivity index (χ0) is 12.1. The van der Waals surface area contributed by atoms with E-state index in [4.69, 9.17) is 16.3 Å². The summed E-state index contributed by atoms with van der Waals surface area (Å²) in [6.07, 6.45) is 0.834. The van der Waals surface area contributed by atoms with Gasteiger partial charge in [-0.25, -0.2) is 9.97 Å². The number of benzene rings is 1. The Balaban J connectivity index is 2.06. The molecule has 0 aliphatic rings. The van der Waals surface area contributed by atoms with Gasteiger partial charge in [-0.3, -0.25) is 0 Å². The molecular formula is C13H13ClN2O. The summed E-state index contributed by atoms with van der Waals surface area (Å²) < 4.78 is 5.56. The van der Waals surface area contributed by atoms with Crippen molar-refractivity contribution in [1.29, 1.82) is 0 Å². The van der Waals surface area contributed by atoms with E-state index in [1.807, 2.05) is 37.3 Å². The number of hydrogen-bond donors (Lipinski definition) is 0. The molecule has 0 fully saturated rings. The van der Waals surface area contributed by atoms with E-state index in [1.54, 1.807) is 6.07 Å². The van der Waals surface area contributed by atoms with Crippen molar-refractivity contribution < 1.29 is 4.74 Å². The molecule has 3 nitrogen and oxygen atoms in total. The highest BCUT2D eigenvalue weighted by molar-refractivity contribution is 6.29. The number of ether oxygens (including phenoxy) is 1. The second-order valence-electron chi connectivity index (χ2n) is 3.55. The molecule has 0 radical (unpaired) electrons. The molecule has 0 aliphatic carbocycles. The molecule has 17 heavy (non-hydrogen) atoms. The van der Waals surface area contributed by atoms with Gasteiger partial charge in [-0.05, 0) is 24.6 Å². The summed E-state index contributed by atoms with van der Waals surface area (Å²) in [5.74, 6) is 1.41. The van der Waals surface area contributed by atoms with Crippen molar-refractivity contribution >= 4 is 11.6 Å². The lowest BCUT2D eigenvalue weighted by atomic mass is 10.3. The van der Waals surface area contributed by atoms with Crippen molar-refractivity contribution in [2.24, 2.45) is 0 Å². The van der Waals surface area contributed by atoms with Gasteiger partial charge in [-0.1, -0.05) is 36.7 Å². The van der Waals surface area contributed by atoms with E-state index in [0.717, 1.165) is 17.9 Å². The second kappa shape index (κ2) is 5.64. The van der Waals surface area contributed by atoms with Crippen LogP contribution in [-0.4, -0.2) is 9.97 Å². The molecular weight excluding hydrogens is 236 g/mol. The summed E-state index contributed by atoms with van der Waals surface area (Å²) in [5, 5.41) is 0.462. The maximum absolute atomic E-state index is 5.90. The molecule has 0 aliphatic heterocycles. The van der Waals surface area contributed by atoms with E-state index >= 15 is 0 Å². The highest BCUT2D eigenvalue weighted by Gasteiger charge is 2.03. The SMILES string of the molecule is CCc1cc(Cl)nc(COc2ccccc2)n1. The number of aryl methyl sites for hydroxylation is 1. The molecule has 0 saturated carbocycles. The van der Waals surface area contributed by atoms with Crippen LogP contribution in [-0.2, 0) is 13.0 Å². The minimum Gasteiger partial charge on any atom is -0.486 e. The van der Waals surface area contributed by atoms with Crippen LogP contribution in [0, 0.1) is 0 Å². The van der Waals surface area contributed by atoms with E-state index in [0.29, 0.717) is 17.6 Å². The Morgan fingerprint density at radius 3 is 2.65 bits per heavy atom. The fourth-order valence-corrected chi connectivity index (χ4v) is 1.65. The molecule has 2 rings (SSSR count). The summed E-state index contributed by atoms with van der Waals surface area (Å²) in [7, 11) is 0. The average Bonchev–Trinajstić information content (AvgIpc) is 2.37. The minimum absolute atomic E-state index is 0.331. The monoisotopic (exact) mass is 248 g/mol. The van der Waals surface area contributed by atoms with Crippen molar-refractivity contribution in [3.8, 4) is 5.75 Å². The van der Waals surface area contributed by atoms with Gasteiger partial charge >= 0.3 is 0 Å². The summed E-state index contributed by atoms with van der Waals surface area (Å²) >= 11 is 5.90. The molecule has 2 aromatic rings. The van der Waals surface area contributed by atoms with Gasteiger partial charge in [0.05, 0.1) is 0 Å². The maximum atomic E-state index is 5.90. The van der Waals surface area contributed by atoms with E-state index in [-0.39, 0.29) is 0 Å². The van der Waals surface area contributed by atoms with Crippen LogP contribution in [0.3, 0.4) is 0 Å². The van der Waals surface area contributed by atoms with Gasteiger partial charge in [-0.15, -0.1) is 0 Å². The zero-order valence-electron chi connectivity index (χ0n) is 9.56. The predicted molar refractivity (Wildman–Crippen MR) is 67.2 cm³/mol. The van der Waals surface area contributed by atoms with Crippen molar-refractivity contribution in [1.82, 2.24) is 9.97 Å². The van der Waals surface area contributed by atoms with Crippen LogP contribution in [0.4, 0.5) is 0 Å². The molecule has 1 aromatic carbocycles. The molecule has 4 heteroatoms. The van der Waals surface area contributed by atoms with Crippen LogP contribution in [0.25, 0.3) is 0 Å². The first-order chi connectivity index (χ1) is 8.28. The first-order valence-electron chi connectivity index (χ1n) is 5.48. The van der Waals surface area contributed by atoms with Crippen LogP contribution in [0.5, 0.6) is 5.75 Å². The van der Waals surface area contributed by atoms with Gasteiger partial charge in [0.25, 0.3) is 0 Å². The molecule has 1 heterocycles. The van der Waals surface area contributed by atoms with Crippen molar-refractivity contribution in [3.05, 3.63) is 53.1 Å². The number of para-hydroxylation sites is 1. The molecule has 0 bridgehead atoms. The zero-order valence-corrected chi connectivity index (χ0v) is 10.3. The quantitative estimate of drug-likeness (QED) is 0.779. The number of hydrogen-bond acceptors (Lipinski definition) is 3. The lowest BCUT2D eigenvalue weighted by Crippen LogP contribution is -2.03. The van der Waals surface area contributed by atoms with Gasteiger partial charge in [0, 0.05) is 5.69 Å². The normalized spacial score (nSPS) is 10.2. The summed E-state index contributed by atoms with van der Waals surface area (Å²) in [5.41, 5.74) is 0.927. The highest BCUT2D eigenvalue weighted by atomic mass is 35.5. The maximum Gasteiger partial charge on any atom is 0.167 e. The Bertz CT molecular complexity index is 488. The number of rotatable bonds is 4. The van der Waals surface area contributed by atoms with E-state index in [2.05, 4.69) is 9.97 Å². The lowest BCUT2D eigenvalue weighted by Gasteiger charge is -2.06. The van der Waals surface area contributed by atoms with Crippen LogP contribution in [0.15, 0.2) is 36.4 Å². The third-order valence-corrected chi connectivity index (χ3v) is 2.46. The first-order valence-corrected chi connectivity index (χ1v) is 5.86. The van der Waals surface area contributed by atoms with Gasteiger partial charge < -0.3 is 4.74 Å². The third-order valence-electron chi connectivity index (χ3n) is 2.27. The third kappa shape index (κ3) is 3.43. The lowest BCUT2D eigenvalue weighted by molar-refractivity contribution is 0.295. The van der Waals surface area contributed by atoms with Crippen LogP contribution in [0.1, 0.15) is 18.4 Å². The van der Waals surface area contributed by atoms with Crippen LogP contribution < -0.4 is 4.74 Å². The van der Waals surface area contributed by atoms with E-state index < -0.39 is 0 Å². The van der Waals surface area contributed by atoms with Gasteiger partial charge in [0.2, 0.25) is 0 Å². The highest BCUT2D eigenvalue weighted by Crippen LogP contribution is 2.12. The molecule has 0 unspecified atom stereocenters. The van der Waals surface area contributed by atoms with Crippen molar-refractivity contribution in [2.45, 2.75) is 20.0 Å². The summed E-state index contributed by atoms with van der Waals surface area (Å²) in [4.78, 5) is 8.47. The number of nitrogens with zero attached hydrogens (tertiary/aromatic N) is 2. The topological polar surface area (TPSA) is 35.0 Å². The Kier molecular flexibility index (Phi) is 3.94. The Labute approximate surface area is 105 Å². The Morgan fingerprint density at radius 1 is 1.18 bits per heavy atom.